The van der Waals surface area contributed by atoms with Crippen LogP contribution < -0.4 is 0 Å². The quantitative estimate of drug-likeness (QED) is 0.382. The third-order valence-electron chi connectivity index (χ3n) is 2.71. The lowest BCUT2D eigenvalue weighted by atomic mass is 9.79. The van der Waals surface area contributed by atoms with Crippen LogP contribution in [0.3, 0.4) is 0 Å². The van der Waals surface area contributed by atoms with E-state index in [1.165, 1.54) is 0 Å². The van der Waals surface area contributed by atoms with Crippen molar-refractivity contribution >= 4 is 5.97 Å². The first-order valence-corrected chi connectivity index (χ1v) is 5.83. The fourth-order valence-corrected chi connectivity index (χ4v) is 1.55. The van der Waals surface area contributed by atoms with Crippen LogP contribution in [0.1, 0.15) is 20.3 Å². The topological polar surface area (TPSA) is 26.3 Å². The zero-order chi connectivity index (χ0) is 19.7. The summed E-state index contributed by atoms with van der Waals surface area (Å²) < 4.78 is 143. The first-order chi connectivity index (χ1) is 10.4. The molecule has 0 rings (SSSR count). The summed E-state index contributed by atoms with van der Waals surface area (Å²) in [6, 6.07) is 0. The largest absolute Gasteiger partial charge is 0.459 e. The first-order valence-electron chi connectivity index (χ1n) is 5.83. The SMILES string of the molecule is CC(C)OC(=O)C(CC(C(F)(F)F)(C(F)(F)F)C(F)(F)F)=C(F)F. The van der Waals surface area contributed by atoms with Gasteiger partial charge in [0, 0.05) is 6.42 Å². The van der Waals surface area contributed by atoms with Crippen LogP contribution in [0.2, 0.25) is 0 Å². The van der Waals surface area contributed by atoms with Gasteiger partial charge in [0.1, 0.15) is 5.57 Å². The zero-order valence-electron chi connectivity index (χ0n) is 11.8. The van der Waals surface area contributed by atoms with Gasteiger partial charge in [-0.3, -0.25) is 0 Å². The lowest BCUT2D eigenvalue weighted by Crippen LogP contribution is -2.60. The summed E-state index contributed by atoms with van der Waals surface area (Å²) >= 11 is 0. The van der Waals surface area contributed by atoms with Gasteiger partial charge < -0.3 is 4.74 Å². The van der Waals surface area contributed by atoms with Crippen LogP contribution in [0.4, 0.5) is 48.3 Å². The van der Waals surface area contributed by atoms with Crippen LogP contribution in [0.15, 0.2) is 11.7 Å². The number of carbonyl (C=O) groups excluding carboxylic acids is 1. The van der Waals surface area contributed by atoms with Crippen LogP contribution in [0, 0.1) is 5.41 Å². The van der Waals surface area contributed by atoms with Crippen LogP contribution in [-0.2, 0) is 9.53 Å². The highest BCUT2D eigenvalue weighted by atomic mass is 19.4. The van der Waals surface area contributed by atoms with E-state index in [0.717, 1.165) is 13.8 Å². The van der Waals surface area contributed by atoms with E-state index >= 15 is 0 Å². The number of hydrogen-bond acceptors (Lipinski definition) is 2. The minimum absolute atomic E-state index is 0.996. The molecule has 0 radical (unpaired) electrons. The molecule has 0 unspecified atom stereocenters. The lowest BCUT2D eigenvalue weighted by Gasteiger charge is -2.38. The van der Waals surface area contributed by atoms with Crippen LogP contribution in [-0.4, -0.2) is 30.6 Å². The van der Waals surface area contributed by atoms with E-state index in [1.807, 2.05) is 0 Å². The summed E-state index contributed by atoms with van der Waals surface area (Å²) in [5.74, 6) is -2.41. The van der Waals surface area contributed by atoms with Crippen molar-refractivity contribution in [3.63, 3.8) is 0 Å². The second-order valence-electron chi connectivity index (χ2n) is 4.77. The van der Waals surface area contributed by atoms with Gasteiger partial charge in [0.25, 0.3) is 11.5 Å². The Morgan fingerprint density at radius 1 is 0.833 bits per heavy atom. The van der Waals surface area contributed by atoms with Gasteiger partial charge in [0.05, 0.1) is 6.10 Å². The predicted octanol–water partition coefficient (Wildman–Crippen LogP) is 5.15. The molecule has 142 valence electrons. The smallest absolute Gasteiger partial charge is 0.412 e. The number of esters is 1. The maximum absolute atomic E-state index is 12.7. The summed E-state index contributed by atoms with van der Waals surface area (Å²) in [4.78, 5) is 11.2. The van der Waals surface area contributed by atoms with Gasteiger partial charge in [-0.1, -0.05) is 0 Å². The number of alkyl halides is 9. The number of ether oxygens (including phenoxy) is 1. The zero-order valence-corrected chi connectivity index (χ0v) is 11.8. The third kappa shape index (κ3) is 4.29. The van der Waals surface area contributed by atoms with E-state index in [9.17, 15) is 53.1 Å². The molecule has 13 heteroatoms. The van der Waals surface area contributed by atoms with Crippen LogP contribution in [0.5, 0.6) is 0 Å². The van der Waals surface area contributed by atoms with Crippen LogP contribution >= 0.6 is 0 Å². The third-order valence-corrected chi connectivity index (χ3v) is 2.71. The molecule has 0 atom stereocenters. The number of rotatable bonds is 4. The second-order valence-corrected chi connectivity index (χ2v) is 4.77. The molecule has 0 aliphatic carbocycles. The Labute approximate surface area is 127 Å². The van der Waals surface area contributed by atoms with Crippen molar-refractivity contribution < 1.29 is 57.8 Å². The molecule has 0 saturated heterocycles. The first kappa shape index (κ1) is 22.4. The summed E-state index contributed by atoms with van der Waals surface area (Å²) in [6.45, 7) is 1.99. The fraction of sp³-hybridized carbons (Fsp3) is 0.727. The van der Waals surface area contributed by atoms with Crippen LogP contribution in [0.25, 0.3) is 0 Å². The van der Waals surface area contributed by atoms with Gasteiger partial charge in [0.2, 0.25) is 0 Å². The molecule has 24 heavy (non-hydrogen) atoms. The van der Waals surface area contributed by atoms with Crippen molar-refractivity contribution in [2.24, 2.45) is 5.41 Å². The molecule has 0 heterocycles. The van der Waals surface area contributed by atoms with Crippen molar-refractivity contribution in [1.82, 2.24) is 0 Å². The molecule has 0 N–H and O–H groups in total. The molecule has 0 bridgehead atoms. The second kappa shape index (κ2) is 6.75. The Morgan fingerprint density at radius 3 is 1.38 bits per heavy atom. The summed E-state index contributed by atoms with van der Waals surface area (Å²) in [7, 11) is 0. The van der Waals surface area contributed by atoms with E-state index in [-0.39, 0.29) is 0 Å². The van der Waals surface area contributed by atoms with Gasteiger partial charge in [-0.05, 0) is 13.8 Å². The van der Waals surface area contributed by atoms with Gasteiger partial charge in [0.15, 0.2) is 0 Å². The minimum Gasteiger partial charge on any atom is -0.459 e. The molecule has 0 fully saturated rings. The number of carbonyl (C=O) groups is 1. The van der Waals surface area contributed by atoms with E-state index in [2.05, 4.69) is 4.74 Å². The Morgan fingerprint density at radius 2 is 1.17 bits per heavy atom. The van der Waals surface area contributed by atoms with E-state index in [0.29, 0.717) is 0 Å². The number of hydrogen-bond donors (Lipinski definition) is 0. The molecule has 0 saturated carbocycles. The van der Waals surface area contributed by atoms with E-state index in [4.69, 9.17) is 0 Å². The van der Waals surface area contributed by atoms with Gasteiger partial charge in [-0.25, -0.2) is 4.79 Å². The standard InChI is InChI=1S/C11H9F11O2/c1-4(2)24-7(23)5(6(12)13)3-8(9(14,15)16,10(17,18)19)11(20,21)22/h4H,3H2,1-2H3. The Hall–Kier alpha value is -1.56. The van der Waals surface area contributed by atoms with Crippen molar-refractivity contribution in [2.75, 3.05) is 0 Å². The lowest BCUT2D eigenvalue weighted by molar-refractivity contribution is -0.426. The highest BCUT2D eigenvalue weighted by molar-refractivity contribution is 5.89. The van der Waals surface area contributed by atoms with Crippen molar-refractivity contribution in [2.45, 2.75) is 44.9 Å². The Bertz CT molecular complexity index is 456. The average molecular weight is 382 g/mol. The predicted molar refractivity (Wildman–Crippen MR) is 55.7 cm³/mol. The van der Waals surface area contributed by atoms with Gasteiger partial charge in [-0.15, -0.1) is 0 Å². The normalized spacial score (nSPS) is 13.9. The van der Waals surface area contributed by atoms with Crippen molar-refractivity contribution in [3.05, 3.63) is 11.7 Å². The molecule has 0 aliphatic rings. The molecule has 0 amide bonds. The molecular formula is C11H9F11O2. The van der Waals surface area contributed by atoms with Gasteiger partial charge in [-0.2, -0.15) is 48.3 Å². The van der Waals surface area contributed by atoms with E-state index in [1.54, 1.807) is 0 Å². The highest BCUT2D eigenvalue weighted by Crippen LogP contribution is 2.62. The van der Waals surface area contributed by atoms with Crippen molar-refractivity contribution in [3.8, 4) is 0 Å². The molecule has 0 aromatic rings. The summed E-state index contributed by atoms with van der Waals surface area (Å²) in [6.07, 6.45) is -29.3. The molecule has 0 aromatic carbocycles. The molecule has 0 aliphatic heterocycles. The maximum atomic E-state index is 12.7. The molecule has 0 spiro atoms. The highest BCUT2D eigenvalue weighted by Gasteiger charge is 2.83. The summed E-state index contributed by atoms with van der Waals surface area (Å²) in [5, 5.41) is 0. The molecule has 0 aromatic heterocycles. The maximum Gasteiger partial charge on any atom is 0.412 e. The molecular weight excluding hydrogens is 373 g/mol. The summed E-state index contributed by atoms with van der Waals surface area (Å²) in [5.41, 5.74) is -9.21. The van der Waals surface area contributed by atoms with Crippen molar-refractivity contribution in [1.29, 1.82) is 0 Å². The molecule has 2 nitrogen and oxygen atoms in total. The fourth-order valence-electron chi connectivity index (χ4n) is 1.55. The van der Waals surface area contributed by atoms with Gasteiger partial charge >= 0.3 is 24.5 Å². The number of halogens is 11. The Balaban J connectivity index is 6.41. The minimum atomic E-state index is -7.05. The average Bonchev–Trinajstić information content (AvgIpc) is 2.21. The Kier molecular flexibility index (Phi) is 6.31. The monoisotopic (exact) mass is 382 g/mol. The van der Waals surface area contributed by atoms with E-state index < -0.39 is 54.1 Å².